The van der Waals surface area contributed by atoms with Gasteiger partial charge in [0.1, 0.15) is 6.29 Å². The summed E-state index contributed by atoms with van der Waals surface area (Å²) in [6, 6.07) is 0. The lowest BCUT2D eigenvalue weighted by atomic mass is 9.54. The van der Waals surface area contributed by atoms with Gasteiger partial charge in [0.25, 0.3) is 0 Å². The minimum Gasteiger partial charge on any atom is -0.393 e. The van der Waals surface area contributed by atoms with Crippen molar-refractivity contribution < 1.29 is 15.0 Å². The summed E-state index contributed by atoms with van der Waals surface area (Å²) in [5.41, 5.74) is -0.888. The summed E-state index contributed by atoms with van der Waals surface area (Å²) in [4.78, 5) is 12.4. The number of rotatable bonds is 6. The molecule has 4 unspecified atom stereocenters. The number of aliphatic hydroxyl groups excluding tert-OH is 1. The van der Waals surface area contributed by atoms with Crippen LogP contribution in [0.1, 0.15) is 98.3 Å². The zero-order valence-corrected chi connectivity index (χ0v) is 19.2. The molecule has 4 fully saturated rings. The number of hydrogen-bond acceptors (Lipinski definition) is 3. The SMILES string of the molecule is CC(C)CCCC[C@H]1CCC2C3C(C=O)[C@]4(O)C[C@@H](O)CC[C@]4(C)C3CC[C@@]21C. The Morgan fingerprint density at radius 3 is 2.48 bits per heavy atom. The molecule has 0 saturated heterocycles. The highest BCUT2D eigenvalue weighted by atomic mass is 16.3. The second-order valence-corrected chi connectivity index (χ2v) is 12.2. The predicted molar refractivity (Wildman–Crippen MR) is 116 cm³/mol. The van der Waals surface area contributed by atoms with Gasteiger partial charge in [0, 0.05) is 17.8 Å². The zero-order valence-electron chi connectivity index (χ0n) is 19.2. The summed E-state index contributed by atoms with van der Waals surface area (Å²) in [6.07, 6.45) is 12.9. The number of aldehydes is 1. The summed E-state index contributed by atoms with van der Waals surface area (Å²) in [7, 11) is 0. The minimum absolute atomic E-state index is 0.209. The van der Waals surface area contributed by atoms with Crippen molar-refractivity contribution in [1.82, 2.24) is 0 Å². The van der Waals surface area contributed by atoms with E-state index in [0.717, 1.165) is 37.4 Å². The number of unbranched alkanes of at least 4 members (excludes halogenated alkanes) is 1. The van der Waals surface area contributed by atoms with Gasteiger partial charge in [-0.05, 0) is 80.0 Å². The Kier molecular flexibility index (Phi) is 5.73. The summed E-state index contributed by atoms with van der Waals surface area (Å²) >= 11 is 0. The number of aliphatic hydroxyl groups is 2. The van der Waals surface area contributed by atoms with E-state index in [9.17, 15) is 15.0 Å². The van der Waals surface area contributed by atoms with Crippen molar-refractivity contribution in [1.29, 1.82) is 0 Å². The first-order chi connectivity index (χ1) is 13.7. The van der Waals surface area contributed by atoms with Crippen molar-refractivity contribution in [2.24, 2.45) is 46.3 Å². The van der Waals surface area contributed by atoms with Crippen LogP contribution in [0.5, 0.6) is 0 Å². The largest absolute Gasteiger partial charge is 0.393 e. The van der Waals surface area contributed by atoms with Crippen LogP contribution in [-0.2, 0) is 4.79 Å². The first-order valence-electron chi connectivity index (χ1n) is 12.5. The van der Waals surface area contributed by atoms with Crippen molar-refractivity contribution in [3.8, 4) is 0 Å². The second-order valence-electron chi connectivity index (χ2n) is 12.2. The quantitative estimate of drug-likeness (QED) is 0.462. The molecule has 4 aliphatic carbocycles. The fourth-order valence-electron chi connectivity index (χ4n) is 8.89. The van der Waals surface area contributed by atoms with Gasteiger partial charge in [0.2, 0.25) is 0 Å². The third-order valence-electron chi connectivity index (χ3n) is 10.6. The highest BCUT2D eigenvalue weighted by Crippen LogP contribution is 2.72. The van der Waals surface area contributed by atoms with Crippen LogP contribution >= 0.6 is 0 Å². The van der Waals surface area contributed by atoms with Crippen molar-refractivity contribution in [2.75, 3.05) is 0 Å². The number of carbonyl (C=O) groups excluding carboxylic acids is 1. The maximum absolute atomic E-state index is 12.4. The highest BCUT2D eigenvalue weighted by Gasteiger charge is 2.71. The van der Waals surface area contributed by atoms with Crippen LogP contribution in [-0.4, -0.2) is 28.2 Å². The van der Waals surface area contributed by atoms with E-state index in [0.29, 0.717) is 29.6 Å². The summed E-state index contributed by atoms with van der Waals surface area (Å²) in [5.74, 6) is 2.60. The lowest BCUT2D eigenvalue weighted by Gasteiger charge is -2.52. The molecule has 0 radical (unpaired) electrons. The zero-order chi connectivity index (χ0) is 21.0. The maximum atomic E-state index is 12.4. The molecule has 29 heavy (non-hydrogen) atoms. The Morgan fingerprint density at radius 2 is 1.79 bits per heavy atom. The van der Waals surface area contributed by atoms with E-state index in [4.69, 9.17) is 0 Å². The summed E-state index contributed by atoms with van der Waals surface area (Å²) in [5, 5.41) is 22.2. The molecule has 3 heteroatoms. The molecule has 0 aromatic rings. The average molecular weight is 405 g/mol. The van der Waals surface area contributed by atoms with Crippen molar-refractivity contribution in [3.05, 3.63) is 0 Å². The van der Waals surface area contributed by atoms with E-state index >= 15 is 0 Å². The van der Waals surface area contributed by atoms with Crippen LogP contribution in [0.15, 0.2) is 0 Å². The van der Waals surface area contributed by atoms with Gasteiger partial charge in [-0.1, -0.05) is 47.0 Å². The average Bonchev–Trinajstić information content (AvgIpc) is 3.08. The van der Waals surface area contributed by atoms with Gasteiger partial charge < -0.3 is 15.0 Å². The minimum atomic E-state index is -1.01. The van der Waals surface area contributed by atoms with Crippen LogP contribution in [0.3, 0.4) is 0 Å². The fraction of sp³-hybridized carbons (Fsp3) is 0.962. The molecule has 166 valence electrons. The predicted octanol–water partition coefficient (Wildman–Crippen LogP) is 5.37. The Hall–Kier alpha value is -0.410. The number of fused-ring (bicyclic) bond motifs is 5. The Labute approximate surface area is 178 Å². The van der Waals surface area contributed by atoms with E-state index in [1.54, 1.807) is 0 Å². The van der Waals surface area contributed by atoms with E-state index in [1.165, 1.54) is 44.9 Å². The van der Waals surface area contributed by atoms with Crippen molar-refractivity contribution >= 4 is 6.29 Å². The molecule has 0 amide bonds. The summed E-state index contributed by atoms with van der Waals surface area (Å²) in [6.45, 7) is 9.38. The normalized spacial score (nSPS) is 51.6. The van der Waals surface area contributed by atoms with Gasteiger partial charge in [-0.25, -0.2) is 0 Å². The van der Waals surface area contributed by atoms with Crippen LogP contribution in [0.4, 0.5) is 0 Å². The van der Waals surface area contributed by atoms with E-state index in [2.05, 4.69) is 27.7 Å². The van der Waals surface area contributed by atoms with Gasteiger partial charge in [0.05, 0.1) is 11.7 Å². The Morgan fingerprint density at radius 1 is 1.03 bits per heavy atom. The molecule has 4 rings (SSSR count). The molecular formula is C26H44O3. The van der Waals surface area contributed by atoms with Gasteiger partial charge in [0.15, 0.2) is 0 Å². The molecule has 0 aromatic carbocycles. The van der Waals surface area contributed by atoms with Crippen molar-refractivity contribution in [2.45, 2.75) is 110 Å². The first kappa shape index (κ1) is 21.8. The first-order valence-corrected chi connectivity index (χ1v) is 12.5. The smallest absolute Gasteiger partial charge is 0.126 e. The van der Waals surface area contributed by atoms with Crippen LogP contribution in [0.2, 0.25) is 0 Å². The molecule has 9 atom stereocenters. The van der Waals surface area contributed by atoms with Crippen LogP contribution < -0.4 is 0 Å². The molecule has 0 bridgehead atoms. The third-order valence-corrected chi connectivity index (χ3v) is 10.6. The topological polar surface area (TPSA) is 57.5 Å². The van der Waals surface area contributed by atoms with Crippen molar-refractivity contribution in [3.63, 3.8) is 0 Å². The molecule has 0 aliphatic heterocycles. The lowest BCUT2D eigenvalue weighted by Crippen LogP contribution is -2.54. The lowest BCUT2D eigenvalue weighted by molar-refractivity contribution is -0.156. The Balaban J connectivity index is 1.56. The molecule has 0 aromatic heterocycles. The molecule has 2 N–H and O–H groups in total. The van der Waals surface area contributed by atoms with E-state index in [1.807, 2.05) is 0 Å². The van der Waals surface area contributed by atoms with Gasteiger partial charge in [-0.2, -0.15) is 0 Å². The standard InChI is InChI=1S/C26H44O3/c1-17(2)7-5-6-8-18-9-10-20-23-21(12-13-24(18,20)3)25(4)14-11-19(28)15-26(25,29)22(23)16-27/h16-23,28-29H,5-15H2,1-4H3/t18-,19-,20?,21?,22?,23?,24+,25+,26+/m0/s1. The second kappa shape index (κ2) is 7.62. The monoisotopic (exact) mass is 404 g/mol. The van der Waals surface area contributed by atoms with E-state index in [-0.39, 0.29) is 11.3 Å². The van der Waals surface area contributed by atoms with Gasteiger partial charge >= 0.3 is 0 Å². The maximum Gasteiger partial charge on any atom is 0.126 e. The van der Waals surface area contributed by atoms with Crippen LogP contribution in [0, 0.1) is 46.3 Å². The molecule has 4 saturated carbocycles. The molecular weight excluding hydrogens is 360 g/mol. The fourth-order valence-corrected chi connectivity index (χ4v) is 8.89. The Bertz CT molecular complexity index is 617. The summed E-state index contributed by atoms with van der Waals surface area (Å²) < 4.78 is 0. The number of carbonyl (C=O) groups is 1. The van der Waals surface area contributed by atoms with Gasteiger partial charge in [-0.15, -0.1) is 0 Å². The van der Waals surface area contributed by atoms with Crippen LogP contribution in [0.25, 0.3) is 0 Å². The third kappa shape index (κ3) is 3.16. The molecule has 0 heterocycles. The molecule has 3 nitrogen and oxygen atoms in total. The molecule has 4 aliphatic rings. The molecule has 0 spiro atoms. The van der Waals surface area contributed by atoms with E-state index < -0.39 is 11.7 Å². The highest BCUT2D eigenvalue weighted by molar-refractivity contribution is 5.59. The van der Waals surface area contributed by atoms with Gasteiger partial charge in [-0.3, -0.25) is 0 Å². The number of hydrogen-bond donors (Lipinski definition) is 2.